The van der Waals surface area contributed by atoms with E-state index in [0.29, 0.717) is 41.8 Å². The van der Waals surface area contributed by atoms with Gasteiger partial charge in [0.2, 0.25) is 5.78 Å². The van der Waals surface area contributed by atoms with Crippen LogP contribution in [0, 0.1) is 5.92 Å². The van der Waals surface area contributed by atoms with Gasteiger partial charge in [-0.25, -0.2) is 0 Å². The number of carbonyl (C=O) groups excluding carboxylic acids is 2. The van der Waals surface area contributed by atoms with Crippen LogP contribution in [0.3, 0.4) is 0 Å². The number of ketones is 1. The van der Waals surface area contributed by atoms with E-state index in [2.05, 4.69) is 15.3 Å². The van der Waals surface area contributed by atoms with E-state index in [9.17, 15) is 22.8 Å². The molecule has 1 aromatic carbocycles. The maximum absolute atomic E-state index is 13.1. The van der Waals surface area contributed by atoms with Crippen LogP contribution in [0.4, 0.5) is 19.0 Å². The van der Waals surface area contributed by atoms with E-state index in [4.69, 9.17) is 4.74 Å². The fourth-order valence-electron chi connectivity index (χ4n) is 3.63. The predicted octanol–water partition coefficient (Wildman–Crippen LogP) is 3.17. The van der Waals surface area contributed by atoms with E-state index in [-0.39, 0.29) is 11.4 Å². The summed E-state index contributed by atoms with van der Waals surface area (Å²) in [5.41, 5.74) is 0.466. The van der Waals surface area contributed by atoms with Crippen molar-refractivity contribution in [1.29, 1.82) is 0 Å². The van der Waals surface area contributed by atoms with Crippen molar-refractivity contribution in [2.24, 2.45) is 5.92 Å². The summed E-state index contributed by atoms with van der Waals surface area (Å²) in [6, 6.07) is 11.6. The van der Waals surface area contributed by atoms with Crippen LogP contribution in [0.25, 0.3) is 5.65 Å². The fraction of sp³-hybridized carbons (Fsp3) is 0.381. The number of carbonyl (C=O) groups is 2. The quantitative estimate of drug-likeness (QED) is 0.438. The molecule has 1 atom stereocenters. The molecule has 1 fully saturated rings. The number of anilines is 1. The van der Waals surface area contributed by atoms with Gasteiger partial charge in [-0.2, -0.15) is 17.7 Å². The molecule has 2 aromatic heterocycles. The third kappa shape index (κ3) is 4.41. The standard InChI is InChI=1S/C21H20F3N5O3/c1-13(18(30)14-5-3-2-4-6-14)32-19(31)15-9-11-28(12-10-15)17-8-7-16-25-26-20(21(22,23)24)29(16)27-17/h2-8,13,15H,9-12H2,1H3. The molecule has 0 bridgehead atoms. The van der Waals surface area contributed by atoms with Gasteiger partial charge in [-0.3, -0.25) is 9.59 Å². The van der Waals surface area contributed by atoms with Crippen molar-refractivity contribution in [2.75, 3.05) is 18.0 Å². The summed E-state index contributed by atoms with van der Waals surface area (Å²) in [6.45, 7) is 2.35. The number of fused-ring (bicyclic) bond motifs is 1. The zero-order chi connectivity index (χ0) is 22.9. The Kier molecular flexibility index (Phi) is 5.81. The van der Waals surface area contributed by atoms with Gasteiger partial charge >= 0.3 is 12.1 Å². The topological polar surface area (TPSA) is 89.7 Å². The Morgan fingerprint density at radius 1 is 1.06 bits per heavy atom. The number of hydrogen-bond acceptors (Lipinski definition) is 7. The van der Waals surface area contributed by atoms with Crippen molar-refractivity contribution >= 4 is 23.2 Å². The molecule has 168 valence electrons. The summed E-state index contributed by atoms with van der Waals surface area (Å²) in [4.78, 5) is 26.7. The number of nitrogens with zero attached hydrogens (tertiary/aromatic N) is 5. The fourth-order valence-corrected chi connectivity index (χ4v) is 3.63. The van der Waals surface area contributed by atoms with Crippen LogP contribution in [0.2, 0.25) is 0 Å². The third-order valence-corrected chi connectivity index (χ3v) is 5.38. The molecule has 1 aliphatic rings. The number of rotatable bonds is 5. The molecule has 11 heteroatoms. The maximum Gasteiger partial charge on any atom is 0.453 e. The summed E-state index contributed by atoms with van der Waals surface area (Å²) in [5.74, 6) is -1.99. The molecule has 1 aliphatic heterocycles. The Hall–Kier alpha value is -3.50. The number of aromatic nitrogens is 4. The molecule has 0 amide bonds. The zero-order valence-corrected chi connectivity index (χ0v) is 17.1. The molecule has 1 unspecified atom stereocenters. The van der Waals surface area contributed by atoms with Gasteiger partial charge in [0.05, 0.1) is 5.92 Å². The molecule has 0 saturated carbocycles. The summed E-state index contributed by atoms with van der Waals surface area (Å²) in [5, 5.41) is 10.7. The minimum absolute atomic E-state index is 0.00314. The molecule has 8 nitrogen and oxygen atoms in total. The second-order valence-electron chi connectivity index (χ2n) is 7.55. The summed E-state index contributed by atoms with van der Waals surface area (Å²) in [6.07, 6.45) is -4.71. The van der Waals surface area contributed by atoms with Crippen molar-refractivity contribution in [1.82, 2.24) is 19.8 Å². The normalized spacial score (nSPS) is 16.2. The van der Waals surface area contributed by atoms with Gasteiger partial charge in [0.15, 0.2) is 11.8 Å². The molecule has 3 aromatic rings. The first-order valence-corrected chi connectivity index (χ1v) is 10.1. The second kappa shape index (κ2) is 8.56. The largest absolute Gasteiger partial charge is 0.454 e. The van der Waals surface area contributed by atoms with E-state index in [0.717, 1.165) is 0 Å². The first-order chi connectivity index (χ1) is 15.2. The lowest BCUT2D eigenvalue weighted by atomic mass is 9.97. The van der Waals surface area contributed by atoms with Crippen molar-refractivity contribution in [3.8, 4) is 0 Å². The second-order valence-corrected chi connectivity index (χ2v) is 7.55. The van der Waals surface area contributed by atoms with Gasteiger partial charge in [-0.05, 0) is 31.9 Å². The molecule has 0 radical (unpaired) electrons. The smallest absolute Gasteiger partial charge is 0.453 e. The van der Waals surface area contributed by atoms with Gasteiger partial charge < -0.3 is 9.64 Å². The van der Waals surface area contributed by atoms with Crippen molar-refractivity contribution in [3.05, 3.63) is 53.9 Å². The Bertz CT molecular complexity index is 1120. The van der Waals surface area contributed by atoms with E-state index in [1.165, 1.54) is 6.07 Å². The molecule has 0 N–H and O–H groups in total. The Morgan fingerprint density at radius 2 is 1.75 bits per heavy atom. The van der Waals surface area contributed by atoms with Gasteiger partial charge in [0.1, 0.15) is 5.82 Å². The van der Waals surface area contributed by atoms with E-state index in [1.807, 2.05) is 0 Å². The SMILES string of the molecule is CC(OC(=O)C1CCN(c2ccc3nnc(C(F)(F)F)n3n2)CC1)C(=O)c1ccccc1. The van der Waals surface area contributed by atoms with E-state index < -0.39 is 30.0 Å². The van der Waals surface area contributed by atoms with Gasteiger partial charge in [0.25, 0.3) is 5.82 Å². The van der Waals surface area contributed by atoms with Gasteiger partial charge in [0, 0.05) is 18.7 Å². The molecular weight excluding hydrogens is 427 g/mol. The number of Topliss-reactive ketones (excluding diaryl/α,β-unsaturated/α-hetero) is 1. The highest BCUT2D eigenvalue weighted by Crippen LogP contribution is 2.29. The highest BCUT2D eigenvalue weighted by molar-refractivity contribution is 6.00. The number of esters is 1. The first kappa shape index (κ1) is 21.7. The van der Waals surface area contributed by atoms with Crippen molar-refractivity contribution in [3.63, 3.8) is 0 Å². The minimum Gasteiger partial charge on any atom is -0.454 e. The molecule has 32 heavy (non-hydrogen) atoms. The molecule has 1 saturated heterocycles. The Labute approximate surface area is 181 Å². The number of ether oxygens (including phenoxy) is 1. The predicted molar refractivity (Wildman–Crippen MR) is 107 cm³/mol. The highest BCUT2D eigenvalue weighted by atomic mass is 19.4. The van der Waals surface area contributed by atoms with Crippen LogP contribution >= 0.6 is 0 Å². The lowest BCUT2D eigenvalue weighted by Gasteiger charge is -2.32. The highest BCUT2D eigenvalue weighted by Gasteiger charge is 2.38. The number of halogens is 3. The molecule has 3 heterocycles. The number of hydrogen-bond donors (Lipinski definition) is 0. The van der Waals surface area contributed by atoms with Crippen LogP contribution in [0.15, 0.2) is 42.5 Å². The Balaban J connectivity index is 1.37. The average molecular weight is 447 g/mol. The van der Waals surface area contributed by atoms with Gasteiger partial charge in [-0.1, -0.05) is 30.3 Å². The minimum atomic E-state index is -4.67. The number of alkyl halides is 3. The van der Waals surface area contributed by atoms with Gasteiger partial charge in [-0.15, -0.1) is 15.3 Å². The lowest BCUT2D eigenvalue weighted by Crippen LogP contribution is -2.39. The first-order valence-electron chi connectivity index (χ1n) is 10.1. The molecule has 0 spiro atoms. The summed E-state index contributed by atoms with van der Waals surface area (Å²) >= 11 is 0. The van der Waals surface area contributed by atoms with Crippen LogP contribution in [0.1, 0.15) is 35.9 Å². The lowest BCUT2D eigenvalue weighted by molar-refractivity contribution is -0.152. The molecular formula is C21H20F3N5O3. The third-order valence-electron chi connectivity index (χ3n) is 5.38. The van der Waals surface area contributed by atoms with Crippen LogP contribution < -0.4 is 4.90 Å². The maximum atomic E-state index is 13.1. The molecule has 4 rings (SSSR count). The molecule has 0 aliphatic carbocycles. The number of benzene rings is 1. The van der Waals surface area contributed by atoms with Crippen LogP contribution in [-0.2, 0) is 15.7 Å². The monoisotopic (exact) mass is 447 g/mol. The summed E-state index contributed by atoms with van der Waals surface area (Å²) < 4.78 is 45.3. The van der Waals surface area contributed by atoms with Crippen molar-refractivity contribution in [2.45, 2.75) is 32.0 Å². The van der Waals surface area contributed by atoms with Crippen LogP contribution in [0.5, 0.6) is 0 Å². The van der Waals surface area contributed by atoms with E-state index >= 15 is 0 Å². The number of piperidine rings is 1. The van der Waals surface area contributed by atoms with Crippen LogP contribution in [-0.4, -0.2) is 50.8 Å². The van der Waals surface area contributed by atoms with Crippen molar-refractivity contribution < 1.29 is 27.5 Å². The van der Waals surface area contributed by atoms with E-state index in [1.54, 1.807) is 48.2 Å². The summed E-state index contributed by atoms with van der Waals surface area (Å²) in [7, 11) is 0. The average Bonchev–Trinajstić information content (AvgIpc) is 3.23. The zero-order valence-electron chi connectivity index (χ0n) is 17.1. The Morgan fingerprint density at radius 3 is 2.41 bits per heavy atom.